The lowest BCUT2D eigenvalue weighted by atomic mass is 10.0. The number of nitrogens with two attached hydrogens (primary N) is 1. The number of fused-ring (bicyclic) bond motifs is 1. The highest BCUT2D eigenvalue weighted by atomic mass is 16.5. The highest BCUT2D eigenvalue weighted by Crippen LogP contribution is 2.33. The molecule has 0 aliphatic carbocycles. The third kappa shape index (κ3) is 3.94. The van der Waals surface area contributed by atoms with Crippen molar-refractivity contribution in [3.63, 3.8) is 0 Å². The molecule has 1 fully saturated rings. The number of amides is 1. The van der Waals surface area contributed by atoms with E-state index in [-0.39, 0.29) is 23.4 Å². The predicted molar refractivity (Wildman–Crippen MR) is 129 cm³/mol. The van der Waals surface area contributed by atoms with Crippen LogP contribution in [-0.4, -0.2) is 32.5 Å². The van der Waals surface area contributed by atoms with Gasteiger partial charge in [-0.1, -0.05) is 29.8 Å². The highest BCUT2D eigenvalue weighted by molar-refractivity contribution is 5.95. The van der Waals surface area contributed by atoms with Crippen LogP contribution in [0.15, 0.2) is 47.3 Å². The first-order valence-electron chi connectivity index (χ1n) is 11.3. The average molecular weight is 459 g/mol. The Balaban J connectivity index is 1.42. The maximum Gasteiger partial charge on any atom is 0.275 e. The average Bonchev–Trinajstić information content (AvgIpc) is 3.50. The van der Waals surface area contributed by atoms with Crippen molar-refractivity contribution < 1.29 is 9.53 Å². The van der Waals surface area contributed by atoms with Gasteiger partial charge in [0.2, 0.25) is 0 Å². The number of anilines is 1. The number of nitrogens with one attached hydrogen (secondary N) is 2. The molecule has 34 heavy (non-hydrogen) atoms. The number of aromatic amines is 1. The molecule has 4 N–H and O–H groups in total. The fourth-order valence-corrected chi connectivity index (χ4v) is 4.33. The van der Waals surface area contributed by atoms with E-state index < -0.39 is 0 Å². The Bertz CT molecular complexity index is 1430. The van der Waals surface area contributed by atoms with Crippen LogP contribution in [0.25, 0.3) is 16.6 Å². The van der Waals surface area contributed by atoms with Crippen LogP contribution < -0.4 is 16.6 Å². The summed E-state index contributed by atoms with van der Waals surface area (Å²) in [5.74, 6) is 0.0823. The molecule has 2 aromatic heterocycles. The van der Waals surface area contributed by atoms with Crippen LogP contribution in [0.2, 0.25) is 0 Å². The monoisotopic (exact) mass is 458 g/mol. The maximum atomic E-state index is 12.6. The summed E-state index contributed by atoms with van der Waals surface area (Å²) in [6.07, 6.45) is 1.47. The van der Waals surface area contributed by atoms with Gasteiger partial charge >= 0.3 is 0 Å². The highest BCUT2D eigenvalue weighted by Gasteiger charge is 2.27. The topological polar surface area (TPSA) is 128 Å². The third-order valence-electron chi connectivity index (χ3n) is 6.17. The van der Waals surface area contributed by atoms with E-state index in [4.69, 9.17) is 15.6 Å². The Labute approximate surface area is 195 Å². The van der Waals surface area contributed by atoms with Gasteiger partial charge in [0.1, 0.15) is 17.3 Å². The molecular weight excluding hydrogens is 432 g/mol. The zero-order valence-corrected chi connectivity index (χ0v) is 19.1. The van der Waals surface area contributed by atoms with E-state index >= 15 is 0 Å². The van der Waals surface area contributed by atoms with Gasteiger partial charge in [0.25, 0.3) is 11.5 Å². The molecule has 4 aromatic rings. The van der Waals surface area contributed by atoms with Gasteiger partial charge in [-0.15, -0.1) is 0 Å². The standard InChI is InChI=1S/C25H26N6O3/c1-14-5-6-15(2)18(12-14)24(32)27-13-16-7-9-17(10-8-16)31-22-20(25(33)29-28-23(22)26)21(30-31)19-4-3-11-34-19/h5-10,12,19H,3-4,11,13H2,1-2H3,(H2,26,28)(H,27,32)(H,29,33). The van der Waals surface area contributed by atoms with E-state index in [2.05, 4.69) is 15.5 Å². The minimum absolute atomic E-state index is 0.109. The molecule has 0 saturated carbocycles. The maximum absolute atomic E-state index is 12.6. The summed E-state index contributed by atoms with van der Waals surface area (Å²) >= 11 is 0. The van der Waals surface area contributed by atoms with Crippen LogP contribution in [0.4, 0.5) is 5.82 Å². The molecule has 3 heterocycles. The fraction of sp³-hybridized carbons (Fsp3) is 0.280. The number of H-pyrrole nitrogens is 1. The molecule has 0 spiro atoms. The summed E-state index contributed by atoms with van der Waals surface area (Å²) in [4.78, 5) is 25.2. The van der Waals surface area contributed by atoms with Gasteiger partial charge < -0.3 is 15.8 Å². The SMILES string of the molecule is Cc1ccc(C)c(C(=O)NCc2ccc(-n3nc(C4CCCO4)c4c(=O)[nH]nc(N)c43)cc2)c1. The van der Waals surface area contributed by atoms with Gasteiger partial charge in [-0.3, -0.25) is 9.59 Å². The summed E-state index contributed by atoms with van der Waals surface area (Å²) in [5.41, 5.74) is 11.2. The Morgan fingerprint density at radius 1 is 1.24 bits per heavy atom. The third-order valence-corrected chi connectivity index (χ3v) is 6.17. The number of benzene rings is 2. The Hall–Kier alpha value is -3.98. The number of ether oxygens (including phenoxy) is 1. The van der Waals surface area contributed by atoms with Crippen LogP contribution in [0.3, 0.4) is 0 Å². The van der Waals surface area contributed by atoms with Gasteiger partial charge in [0.15, 0.2) is 5.82 Å². The summed E-state index contributed by atoms with van der Waals surface area (Å²) < 4.78 is 7.43. The molecule has 174 valence electrons. The molecule has 1 aliphatic rings. The molecule has 0 radical (unpaired) electrons. The lowest BCUT2D eigenvalue weighted by Crippen LogP contribution is -2.23. The Morgan fingerprint density at radius 2 is 2.03 bits per heavy atom. The summed E-state index contributed by atoms with van der Waals surface area (Å²) in [6.45, 7) is 4.92. The number of aromatic nitrogens is 4. The minimum Gasteiger partial charge on any atom is -0.380 e. The molecule has 1 unspecified atom stereocenters. The molecule has 2 aromatic carbocycles. The van der Waals surface area contributed by atoms with Crippen molar-refractivity contribution >= 4 is 22.6 Å². The molecule has 9 nitrogen and oxygen atoms in total. The van der Waals surface area contributed by atoms with E-state index in [0.29, 0.717) is 35.3 Å². The fourth-order valence-electron chi connectivity index (χ4n) is 4.33. The number of nitrogens with zero attached hydrogens (tertiary/aromatic N) is 3. The Morgan fingerprint density at radius 3 is 2.76 bits per heavy atom. The minimum atomic E-state index is -0.341. The largest absolute Gasteiger partial charge is 0.380 e. The normalized spacial score (nSPS) is 15.6. The van der Waals surface area contributed by atoms with Crippen molar-refractivity contribution in [1.82, 2.24) is 25.3 Å². The predicted octanol–water partition coefficient (Wildman–Crippen LogP) is 3.09. The van der Waals surface area contributed by atoms with E-state index in [9.17, 15) is 9.59 Å². The first-order valence-corrected chi connectivity index (χ1v) is 11.3. The second-order valence-electron chi connectivity index (χ2n) is 8.63. The zero-order chi connectivity index (χ0) is 23.8. The van der Waals surface area contributed by atoms with Crippen LogP contribution >= 0.6 is 0 Å². The van der Waals surface area contributed by atoms with Gasteiger partial charge in [-0.25, -0.2) is 9.78 Å². The number of nitrogen functional groups attached to an aromatic ring is 1. The van der Waals surface area contributed by atoms with Crippen LogP contribution in [0.5, 0.6) is 0 Å². The van der Waals surface area contributed by atoms with E-state index in [1.165, 1.54) is 0 Å². The van der Waals surface area contributed by atoms with E-state index in [1.807, 2.05) is 56.3 Å². The van der Waals surface area contributed by atoms with Gasteiger partial charge in [-0.2, -0.15) is 10.2 Å². The van der Waals surface area contributed by atoms with E-state index in [1.54, 1.807) is 4.68 Å². The summed E-state index contributed by atoms with van der Waals surface area (Å²) in [7, 11) is 0. The molecule has 0 bridgehead atoms. The van der Waals surface area contributed by atoms with Crippen molar-refractivity contribution in [2.24, 2.45) is 0 Å². The first kappa shape index (κ1) is 21.8. The van der Waals surface area contributed by atoms with Crippen molar-refractivity contribution in [3.8, 4) is 5.69 Å². The van der Waals surface area contributed by atoms with E-state index in [0.717, 1.165) is 35.2 Å². The van der Waals surface area contributed by atoms with Gasteiger partial charge in [0, 0.05) is 18.7 Å². The number of hydrogen-bond donors (Lipinski definition) is 3. The second-order valence-corrected chi connectivity index (χ2v) is 8.63. The van der Waals surface area contributed by atoms with Crippen LogP contribution in [0, 0.1) is 13.8 Å². The second kappa shape index (κ2) is 8.75. The number of hydrogen-bond acceptors (Lipinski definition) is 6. The molecule has 9 heteroatoms. The zero-order valence-electron chi connectivity index (χ0n) is 19.1. The van der Waals surface area contributed by atoms with Crippen molar-refractivity contribution in [1.29, 1.82) is 0 Å². The van der Waals surface area contributed by atoms with Crippen LogP contribution in [0.1, 0.15) is 51.7 Å². The molecule has 5 rings (SSSR count). The first-order chi connectivity index (χ1) is 16.4. The van der Waals surface area contributed by atoms with Crippen molar-refractivity contribution in [3.05, 3.63) is 80.8 Å². The molecule has 1 amide bonds. The Kier molecular flexibility index (Phi) is 5.62. The number of rotatable bonds is 5. The summed E-state index contributed by atoms with van der Waals surface area (Å²) in [5, 5.41) is 14.5. The molecule has 1 atom stereocenters. The number of carbonyl (C=O) groups excluding carboxylic acids is 1. The summed E-state index contributed by atoms with van der Waals surface area (Å²) in [6, 6.07) is 13.4. The molecule has 1 aliphatic heterocycles. The number of carbonyl (C=O) groups is 1. The number of aryl methyl sites for hydroxylation is 2. The lowest BCUT2D eigenvalue weighted by Gasteiger charge is -2.10. The molecule has 1 saturated heterocycles. The smallest absolute Gasteiger partial charge is 0.275 e. The van der Waals surface area contributed by atoms with Gasteiger partial charge in [0.05, 0.1) is 11.1 Å². The van der Waals surface area contributed by atoms with Crippen molar-refractivity contribution in [2.45, 2.75) is 39.3 Å². The van der Waals surface area contributed by atoms with Crippen molar-refractivity contribution in [2.75, 3.05) is 12.3 Å². The van der Waals surface area contributed by atoms with Crippen LogP contribution in [-0.2, 0) is 11.3 Å². The van der Waals surface area contributed by atoms with Gasteiger partial charge in [-0.05, 0) is 56.0 Å². The molecular formula is C25H26N6O3. The quantitative estimate of drug-likeness (QED) is 0.422. The lowest BCUT2D eigenvalue weighted by molar-refractivity contribution is 0.0950.